The summed E-state index contributed by atoms with van der Waals surface area (Å²) in [5, 5.41) is 20.5. The van der Waals surface area contributed by atoms with E-state index in [1.807, 2.05) is 20.8 Å². The number of ketones is 2. The van der Waals surface area contributed by atoms with E-state index in [4.69, 9.17) is 9.68 Å². The van der Waals surface area contributed by atoms with Crippen LogP contribution in [0.4, 0.5) is 5.69 Å². The molecule has 4 aliphatic carbocycles. The standard InChI is InChI=1S/C39H45N3O8S.C2H6/c1-24-22-29(36(43)34(25-10-2-3-11-25)40-49-38(45)27-14-6-7-15-27)18-20-32(24)51-33-21-19-30(23-31(33)42(47)48)37(44)35(26-12-4-5-13-26)41-50-39(46)28-16-8-9-17-28;1-2/h18-23,25-28H,2-17H2,1H3;1-2H3/b40-34+,41-35+;. The number of nitro groups is 1. The highest BCUT2D eigenvalue weighted by Crippen LogP contribution is 2.38. The van der Waals surface area contributed by atoms with Gasteiger partial charge in [0.15, 0.2) is 0 Å². The number of nitro benzene ring substituents is 1. The molecule has 0 spiro atoms. The Hall–Kier alpha value is -4.19. The molecule has 2 aromatic carbocycles. The predicted molar refractivity (Wildman–Crippen MR) is 203 cm³/mol. The number of hydrogen-bond acceptors (Lipinski definition) is 11. The van der Waals surface area contributed by atoms with E-state index in [9.17, 15) is 29.3 Å². The van der Waals surface area contributed by atoms with Gasteiger partial charge in [-0.25, -0.2) is 9.59 Å². The molecule has 2 aromatic rings. The highest BCUT2D eigenvalue weighted by Gasteiger charge is 2.33. The molecule has 0 heterocycles. The van der Waals surface area contributed by atoms with Crippen molar-refractivity contribution in [3.63, 3.8) is 0 Å². The minimum atomic E-state index is -0.518. The molecule has 0 atom stereocenters. The van der Waals surface area contributed by atoms with Gasteiger partial charge in [0.1, 0.15) is 11.4 Å². The van der Waals surface area contributed by atoms with Crippen molar-refractivity contribution in [1.29, 1.82) is 0 Å². The molecule has 11 nitrogen and oxygen atoms in total. The third-order valence-electron chi connectivity index (χ3n) is 10.9. The first-order chi connectivity index (χ1) is 25.7. The van der Waals surface area contributed by atoms with Crippen LogP contribution in [0.2, 0.25) is 0 Å². The van der Waals surface area contributed by atoms with E-state index in [0.29, 0.717) is 15.4 Å². The first-order valence-electron chi connectivity index (χ1n) is 19.4. The molecule has 6 rings (SSSR count). The largest absolute Gasteiger partial charge is 0.338 e. The van der Waals surface area contributed by atoms with Gasteiger partial charge in [0, 0.05) is 33.9 Å². The van der Waals surface area contributed by atoms with Gasteiger partial charge < -0.3 is 9.68 Å². The highest BCUT2D eigenvalue weighted by atomic mass is 32.2. The van der Waals surface area contributed by atoms with Crippen LogP contribution in [0.3, 0.4) is 0 Å². The van der Waals surface area contributed by atoms with E-state index in [1.54, 1.807) is 30.3 Å². The molecule has 4 fully saturated rings. The van der Waals surface area contributed by atoms with Gasteiger partial charge in [0.05, 0.1) is 21.7 Å². The molecule has 0 unspecified atom stereocenters. The lowest BCUT2D eigenvalue weighted by atomic mass is 9.94. The molecule has 12 heteroatoms. The van der Waals surface area contributed by atoms with Crippen LogP contribution in [-0.4, -0.2) is 39.9 Å². The molecule has 53 heavy (non-hydrogen) atoms. The van der Waals surface area contributed by atoms with E-state index in [2.05, 4.69) is 10.3 Å². The summed E-state index contributed by atoms with van der Waals surface area (Å²) in [6.07, 6.45) is 13.9. The molecule has 4 saturated carbocycles. The number of benzene rings is 2. The number of rotatable bonds is 13. The Morgan fingerprint density at radius 1 is 0.623 bits per heavy atom. The molecule has 0 bridgehead atoms. The topological polar surface area (TPSA) is 155 Å². The summed E-state index contributed by atoms with van der Waals surface area (Å²) < 4.78 is 0. The Labute approximate surface area is 315 Å². The fourth-order valence-electron chi connectivity index (χ4n) is 7.87. The van der Waals surface area contributed by atoms with Crippen LogP contribution < -0.4 is 0 Å². The first kappa shape index (κ1) is 40.0. The number of Topliss-reactive ketones (excluding diaryl/α,β-unsaturated/α-hetero) is 2. The Kier molecular flexibility index (Phi) is 14.5. The van der Waals surface area contributed by atoms with Crippen LogP contribution in [0.15, 0.2) is 56.5 Å². The SMILES string of the molecule is CC.Cc1cc(C(=O)/C(=N/OC(=O)C2CCCC2)C2CCCC2)ccc1Sc1ccc(C(=O)/C(=N/OC(=O)C2CCCC2)C2CCCC2)cc1[N+](=O)[O-]. The van der Waals surface area contributed by atoms with Gasteiger partial charge in [-0.15, -0.1) is 0 Å². The summed E-state index contributed by atoms with van der Waals surface area (Å²) in [5.41, 5.74) is 1.41. The van der Waals surface area contributed by atoms with Gasteiger partial charge >= 0.3 is 11.9 Å². The van der Waals surface area contributed by atoms with Gasteiger partial charge in [-0.2, -0.15) is 0 Å². The normalized spacial score (nSPS) is 18.8. The minimum absolute atomic E-state index is 0.0781. The maximum Gasteiger partial charge on any atom is 0.338 e. The summed E-state index contributed by atoms with van der Waals surface area (Å²) in [5.74, 6) is -2.21. The zero-order valence-corrected chi connectivity index (χ0v) is 31.9. The number of carbonyl (C=O) groups is 4. The monoisotopic (exact) mass is 745 g/mol. The molecule has 0 N–H and O–H groups in total. The van der Waals surface area contributed by atoms with Crippen molar-refractivity contribution in [1.82, 2.24) is 0 Å². The quantitative estimate of drug-likeness (QED) is 0.0640. The van der Waals surface area contributed by atoms with Crippen molar-refractivity contribution in [2.45, 2.75) is 133 Å². The zero-order valence-electron chi connectivity index (χ0n) is 31.1. The summed E-state index contributed by atoms with van der Waals surface area (Å²) in [6.45, 7) is 5.83. The van der Waals surface area contributed by atoms with Crippen LogP contribution in [0.25, 0.3) is 0 Å². The third-order valence-corrected chi connectivity index (χ3v) is 12.1. The van der Waals surface area contributed by atoms with Crippen LogP contribution in [0.5, 0.6) is 0 Å². The van der Waals surface area contributed by atoms with Crippen molar-refractivity contribution in [3.8, 4) is 0 Å². The number of oxime groups is 2. The van der Waals surface area contributed by atoms with Crippen molar-refractivity contribution in [2.75, 3.05) is 0 Å². The Morgan fingerprint density at radius 2 is 1.00 bits per heavy atom. The number of carbonyl (C=O) groups excluding carboxylic acids is 4. The van der Waals surface area contributed by atoms with Crippen molar-refractivity contribution in [2.24, 2.45) is 34.0 Å². The maximum atomic E-state index is 13.7. The minimum Gasteiger partial charge on any atom is -0.318 e. The second-order valence-electron chi connectivity index (χ2n) is 14.4. The Balaban J connectivity index is 0.00000266. The lowest BCUT2D eigenvalue weighted by Crippen LogP contribution is -2.24. The summed E-state index contributed by atoms with van der Waals surface area (Å²) in [4.78, 5) is 76.1. The molecule has 284 valence electrons. The number of nitrogens with zero attached hydrogens (tertiary/aromatic N) is 3. The van der Waals surface area contributed by atoms with Gasteiger partial charge in [-0.05, 0) is 94.2 Å². The van der Waals surface area contributed by atoms with Gasteiger partial charge in [-0.3, -0.25) is 19.7 Å². The first-order valence-corrected chi connectivity index (χ1v) is 20.2. The van der Waals surface area contributed by atoms with E-state index in [-0.39, 0.29) is 58.1 Å². The van der Waals surface area contributed by atoms with Gasteiger partial charge in [-0.1, -0.05) is 87.3 Å². The fourth-order valence-corrected chi connectivity index (χ4v) is 8.84. The van der Waals surface area contributed by atoms with E-state index in [0.717, 1.165) is 108 Å². The number of hydrogen-bond donors (Lipinski definition) is 0. The molecule has 0 amide bonds. The summed E-state index contributed by atoms with van der Waals surface area (Å²) >= 11 is 1.17. The number of aryl methyl sites for hydroxylation is 1. The smallest absolute Gasteiger partial charge is 0.318 e. The van der Waals surface area contributed by atoms with E-state index >= 15 is 0 Å². The Morgan fingerprint density at radius 3 is 1.40 bits per heavy atom. The van der Waals surface area contributed by atoms with E-state index in [1.165, 1.54) is 17.8 Å². The second-order valence-corrected chi connectivity index (χ2v) is 15.5. The predicted octanol–water partition coefficient (Wildman–Crippen LogP) is 10.0. The second kappa shape index (κ2) is 19.2. The average molecular weight is 746 g/mol. The third kappa shape index (κ3) is 10.1. The van der Waals surface area contributed by atoms with Gasteiger partial charge in [0.25, 0.3) is 5.69 Å². The highest BCUT2D eigenvalue weighted by molar-refractivity contribution is 7.99. The molecule has 0 aromatic heterocycles. The van der Waals surface area contributed by atoms with Crippen LogP contribution in [-0.2, 0) is 19.3 Å². The molecule has 0 radical (unpaired) electrons. The molecular formula is C41H51N3O8S. The molecule has 0 saturated heterocycles. The van der Waals surface area contributed by atoms with Crippen molar-refractivity contribution < 1.29 is 33.8 Å². The summed E-state index contributed by atoms with van der Waals surface area (Å²) in [7, 11) is 0. The van der Waals surface area contributed by atoms with Crippen LogP contribution in [0.1, 0.15) is 143 Å². The van der Waals surface area contributed by atoms with Crippen molar-refractivity contribution >= 4 is 52.4 Å². The van der Waals surface area contributed by atoms with Crippen LogP contribution in [0, 0.1) is 40.7 Å². The maximum absolute atomic E-state index is 13.7. The molecule has 4 aliphatic rings. The lowest BCUT2D eigenvalue weighted by molar-refractivity contribution is -0.387. The summed E-state index contributed by atoms with van der Waals surface area (Å²) in [6, 6.07) is 9.51. The Bertz CT molecular complexity index is 1730. The molecular weight excluding hydrogens is 695 g/mol. The zero-order chi connectivity index (χ0) is 37.9. The molecule has 0 aliphatic heterocycles. The van der Waals surface area contributed by atoms with Crippen LogP contribution >= 0.6 is 11.8 Å². The van der Waals surface area contributed by atoms with E-state index < -0.39 is 16.7 Å². The average Bonchev–Trinajstić information content (AvgIpc) is 4.02. The van der Waals surface area contributed by atoms with Gasteiger partial charge in [0.2, 0.25) is 11.6 Å². The van der Waals surface area contributed by atoms with Crippen molar-refractivity contribution in [3.05, 3.63) is 63.2 Å². The lowest BCUT2D eigenvalue weighted by Gasteiger charge is -2.14. The fraction of sp³-hybridized carbons (Fsp3) is 0.561.